The Hall–Kier alpha value is -2.08. The van der Waals surface area contributed by atoms with Crippen molar-refractivity contribution in [2.45, 2.75) is 26.4 Å². The second kappa shape index (κ2) is 5.73. The summed E-state index contributed by atoms with van der Waals surface area (Å²) in [6.45, 7) is 3.24. The minimum Gasteiger partial charge on any atom is -0.340 e. The third kappa shape index (κ3) is 3.16. The van der Waals surface area contributed by atoms with Crippen LogP contribution < -0.4 is 5.32 Å². The van der Waals surface area contributed by atoms with Crippen LogP contribution in [0.25, 0.3) is 0 Å². The van der Waals surface area contributed by atoms with Gasteiger partial charge in [0, 0.05) is 25.0 Å². The number of carbonyl (C=O) groups is 1. The monoisotopic (exact) mass is 306 g/mol. The van der Waals surface area contributed by atoms with Crippen LogP contribution in [0.4, 0.5) is 4.79 Å². The molecule has 0 saturated heterocycles. The second-order valence-electron chi connectivity index (χ2n) is 4.97. The number of hydrogen-bond donors (Lipinski definition) is 1. The van der Waals surface area contributed by atoms with E-state index in [-0.39, 0.29) is 12.6 Å². The SMILES string of the molecule is Cc1nc(CNC(=O)N2CCc3cc(Cl)ccc3C2)no1. The molecule has 0 unspecified atom stereocenters. The Kier molecular flexibility index (Phi) is 3.79. The van der Waals surface area contributed by atoms with Gasteiger partial charge in [-0.3, -0.25) is 0 Å². The van der Waals surface area contributed by atoms with E-state index in [1.54, 1.807) is 11.8 Å². The molecule has 6 nitrogen and oxygen atoms in total. The molecule has 1 N–H and O–H groups in total. The van der Waals surface area contributed by atoms with Gasteiger partial charge in [-0.05, 0) is 29.7 Å². The maximum Gasteiger partial charge on any atom is 0.318 e. The number of nitrogens with zero attached hydrogens (tertiary/aromatic N) is 3. The predicted octanol–water partition coefficient (Wildman–Crippen LogP) is 2.30. The summed E-state index contributed by atoms with van der Waals surface area (Å²) in [5.41, 5.74) is 2.34. The van der Waals surface area contributed by atoms with Gasteiger partial charge in [-0.15, -0.1) is 0 Å². The summed E-state index contributed by atoms with van der Waals surface area (Å²) in [5.74, 6) is 0.966. The molecule has 110 valence electrons. The van der Waals surface area contributed by atoms with Gasteiger partial charge in [0.1, 0.15) is 0 Å². The number of amides is 2. The fraction of sp³-hybridized carbons (Fsp3) is 0.357. The number of urea groups is 1. The molecule has 2 amide bonds. The lowest BCUT2D eigenvalue weighted by atomic mass is 10.0. The van der Waals surface area contributed by atoms with Crippen LogP contribution >= 0.6 is 11.6 Å². The number of benzene rings is 1. The number of nitrogens with one attached hydrogen (secondary N) is 1. The molecular formula is C14H15ClN4O2. The Balaban J connectivity index is 1.60. The average molecular weight is 307 g/mol. The first-order chi connectivity index (χ1) is 10.1. The maximum absolute atomic E-state index is 12.2. The second-order valence-corrected chi connectivity index (χ2v) is 5.41. The number of aromatic nitrogens is 2. The zero-order valence-corrected chi connectivity index (χ0v) is 12.4. The average Bonchev–Trinajstić information content (AvgIpc) is 2.90. The molecule has 0 bridgehead atoms. The van der Waals surface area contributed by atoms with Crippen molar-refractivity contribution >= 4 is 17.6 Å². The molecule has 0 aliphatic carbocycles. The van der Waals surface area contributed by atoms with E-state index in [0.29, 0.717) is 24.8 Å². The number of aryl methyl sites for hydroxylation is 1. The zero-order chi connectivity index (χ0) is 14.8. The molecule has 21 heavy (non-hydrogen) atoms. The van der Waals surface area contributed by atoms with E-state index in [1.165, 1.54) is 5.56 Å². The van der Waals surface area contributed by atoms with Gasteiger partial charge in [0.05, 0.1) is 6.54 Å². The summed E-state index contributed by atoms with van der Waals surface area (Å²) in [4.78, 5) is 18.0. The summed E-state index contributed by atoms with van der Waals surface area (Å²) in [7, 11) is 0. The minimum atomic E-state index is -0.127. The zero-order valence-electron chi connectivity index (χ0n) is 11.6. The Labute approximate surface area is 127 Å². The molecule has 7 heteroatoms. The molecule has 1 aliphatic rings. The van der Waals surface area contributed by atoms with E-state index < -0.39 is 0 Å². The third-order valence-electron chi connectivity index (χ3n) is 3.44. The number of rotatable bonds is 2. The first-order valence-corrected chi connectivity index (χ1v) is 7.09. The first kappa shape index (κ1) is 13.9. The van der Waals surface area contributed by atoms with Crippen molar-refractivity contribution in [1.82, 2.24) is 20.4 Å². The van der Waals surface area contributed by atoms with Gasteiger partial charge in [0.2, 0.25) is 5.89 Å². The van der Waals surface area contributed by atoms with Crippen LogP contribution in [0.5, 0.6) is 0 Å². The highest BCUT2D eigenvalue weighted by Gasteiger charge is 2.20. The molecule has 2 heterocycles. The van der Waals surface area contributed by atoms with Crippen LogP contribution in [-0.4, -0.2) is 27.6 Å². The van der Waals surface area contributed by atoms with Gasteiger partial charge >= 0.3 is 6.03 Å². The van der Waals surface area contributed by atoms with Crippen molar-refractivity contribution in [3.8, 4) is 0 Å². The van der Waals surface area contributed by atoms with Gasteiger partial charge in [-0.1, -0.05) is 22.8 Å². The van der Waals surface area contributed by atoms with Crippen molar-refractivity contribution < 1.29 is 9.32 Å². The summed E-state index contributed by atoms with van der Waals surface area (Å²) in [6, 6.07) is 5.66. The molecule has 0 saturated carbocycles. The first-order valence-electron chi connectivity index (χ1n) is 6.71. The van der Waals surface area contributed by atoms with Crippen molar-refractivity contribution in [2.75, 3.05) is 6.54 Å². The quantitative estimate of drug-likeness (QED) is 0.924. The molecule has 2 aromatic rings. The number of fused-ring (bicyclic) bond motifs is 1. The molecule has 0 atom stereocenters. The molecule has 3 rings (SSSR count). The fourth-order valence-electron chi connectivity index (χ4n) is 2.37. The summed E-state index contributed by atoms with van der Waals surface area (Å²) >= 11 is 5.98. The fourth-order valence-corrected chi connectivity index (χ4v) is 2.57. The molecule has 0 radical (unpaired) electrons. The normalized spacial score (nSPS) is 13.9. The van der Waals surface area contributed by atoms with Crippen LogP contribution in [0.1, 0.15) is 22.8 Å². The van der Waals surface area contributed by atoms with Gasteiger partial charge in [-0.2, -0.15) is 4.98 Å². The lowest BCUT2D eigenvalue weighted by molar-refractivity contribution is 0.191. The molecule has 0 spiro atoms. The molecular weight excluding hydrogens is 292 g/mol. The van der Waals surface area contributed by atoms with Crippen LogP contribution in [0.3, 0.4) is 0 Å². The Bertz CT molecular complexity index is 671. The number of carbonyl (C=O) groups excluding carboxylic acids is 1. The van der Waals surface area contributed by atoms with Crippen molar-refractivity contribution in [2.24, 2.45) is 0 Å². The predicted molar refractivity (Wildman–Crippen MR) is 76.8 cm³/mol. The smallest absolute Gasteiger partial charge is 0.318 e. The van der Waals surface area contributed by atoms with E-state index in [2.05, 4.69) is 15.5 Å². The van der Waals surface area contributed by atoms with E-state index in [0.717, 1.165) is 17.0 Å². The molecule has 1 aromatic carbocycles. The summed E-state index contributed by atoms with van der Waals surface area (Å²) in [6.07, 6.45) is 0.810. The van der Waals surface area contributed by atoms with Crippen molar-refractivity contribution in [1.29, 1.82) is 0 Å². The summed E-state index contributed by atoms with van der Waals surface area (Å²) < 4.78 is 4.86. The highest BCUT2D eigenvalue weighted by atomic mass is 35.5. The van der Waals surface area contributed by atoms with Gasteiger partial charge in [-0.25, -0.2) is 4.79 Å². The van der Waals surface area contributed by atoms with Gasteiger partial charge < -0.3 is 14.7 Å². The highest BCUT2D eigenvalue weighted by molar-refractivity contribution is 6.30. The Morgan fingerprint density at radius 3 is 3.10 bits per heavy atom. The van der Waals surface area contributed by atoms with Crippen molar-refractivity contribution in [3.63, 3.8) is 0 Å². The van der Waals surface area contributed by atoms with E-state index in [4.69, 9.17) is 16.1 Å². The van der Waals surface area contributed by atoms with E-state index >= 15 is 0 Å². The topological polar surface area (TPSA) is 71.3 Å². The Morgan fingerprint density at radius 2 is 2.33 bits per heavy atom. The largest absolute Gasteiger partial charge is 0.340 e. The lowest BCUT2D eigenvalue weighted by Crippen LogP contribution is -2.42. The molecule has 1 aliphatic heterocycles. The maximum atomic E-state index is 12.2. The van der Waals surface area contributed by atoms with E-state index in [9.17, 15) is 4.79 Å². The third-order valence-corrected chi connectivity index (χ3v) is 3.67. The van der Waals surface area contributed by atoms with Crippen LogP contribution in [-0.2, 0) is 19.5 Å². The van der Waals surface area contributed by atoms with E-state index in [1.807, 2.05) is 18.2 Å². The standard InChI is InChI=1S/C14H15ClN4O2/c1-9-17-13(18-21-9)7-16-14(20)19-5-4-10-6-12(15)3-2-11(10)8-19/h2-3,6H,4-5,7-8H2,1H3,(H,16,20). The molecule has 0 fully saturated rings. The van der Waals surface area contributed by atoms with Crippen LogP contribution in [0, 0.1) is 6.92 Å². The molecule has 1 aromatic heterocycles. The van der Waals surface area contributed by atoms with Crippen LogP contribution in [0.15, 0.2) is 22.7 Å². The van der Waals surface area contributed by atoms with Gasteiger partial charge in [0.25, 0.3) is 0 Å². The van der Waals surface area contributed by atoms with Gasteiger partial charge in [0.15, 0.2) is 5.82 Å². The summed E-state index contributed by atoms with van der Waals surface area (Å²) in [5, 5.41) is 7.28. The highest BCUT2D eigenvalue weighted by Crippen LogP contribution is 2.22. The lowest BCUT2D eigenvalue weighted by Gasteiger charge is -2.28. The minimum absolute atomic E-state index is 0.127. The number of hydrogen-bond acceptors (Lipinski definition) is 4. The van der Waals surface area contributed by atoms with Crippen LogP contribution in [0.2, 0.25) is 5.02 Å². The van der Waals surface area contributed by atoms with Crippen molar-refractivity contribution in [3.05, 3.63) is 46.1 Å². The Morgan fingerprint density at radius 1 is 1.48 bits per heavy atom. The number of halogens is 1.